The molecule has 0 bridgehead atoms. The molecule has 1 aromatic heterocycles. The molecule has 1 aromatic carbocycles. The van der Waals surface area contributed by atoms with Gasteiger partial charge in [0.25, 0.3) is 0 Å². The molecule has 0 spiro atoms. The summed E-state index contributed by atoms with van der Waals surface area (Å²) in [5.41, 5.74) is 0.340. The fraction of sp³-hybridized carbons (Fsp3) is 0.500. The van der Waals surface area contributed by atoms with Gasteiger partial charge in [0.2, 0.25) is 0 Å². The van der Waals surface area contributed by atoms with Gasteiger partial charge in [0.15, 0.2) is 9.84 Å². The quantitative estimate of drug-likeness (QED) is 0.851. The standard InChI is InChI=1S/C16H22N2O2S/c1-12(17(2)3)11-18-9-8-13-10-15(6-7-16(13)18)21(19,20)14-4-5-14/h6-10,12,14H,4-5,11H2,1-3H3/t12-/m1/s1/i2D3,3D3,11D2. The second-order valence-electron chi connectivity index (χ2n) is 5.33. The lowest BCUT2D eigenvalue weighted by atomic mass is 10.2. The topological polar surface area (TPSA) is 42.3 Å². The first-order valence-corrected chi connectivity index (χ1v) is 8.27. The van der Waals surface area contributed by atoms with Gasteiger partial charge in [-0.1, -0.05) is 0 Å². The van der Waals surface area contributed by atoms with Crippen LogP contribution in [0.15, 0.2) is 35.4 Å². The summed E-state index contributed by atoms with van der Waals surface area (Å²) < 4.78 is 88.3. The van der Waals surface area contributed by atoms with Crippen LogP contribution in [0.25, 0.3) is 10.9 Å². The molecule has 0 saturated heterocycles. The van der Waals surface area contributed by atoms with Gasteiger partial charge in [0.05, 0.1) is 12.9 Å². The molecule has 0 N–H and O–H groups in total. The van der Waals surface area contributed by atoms with Crippen molar-refractivity contribution in [1.82, 2.24) is 9.47 Å². The number of fused-ring (bicyclic) bond motifs is 1. The van der Waals surface area contributed by atoms with Crippen molar-refractivity contribution in [2.75, 3.05) is 14.0 Å². The number of sulfone groups is 1. The monoisotopic (exact) mass is 314 g/mol. The van der Waals surface area contributed by atoms with E-state index in [9.17, 15) is 8.42 Å². The molecule has 1 aliphatic carbocycles. The lowest BCUT2D eigenvalue weighted by molar-refractivity contribution is 0.286. The van der Waals surface area contributed by atoms with Crippen LogP contribution >= 0.6 is 0 Å². The molecule has 114 valence electrons. The zero-order valence-corrected chi connectivity index (χ0v) is 12.4. The van der Waals surface area contributed by atoms with Crippen LogP contribution in [0.3, 0.4) is 0 Å². The summed E-state index contributed by atoms with van der Waals surface area (Å²) in [5, 5.41) is 0.0951. The fourth-order valence-electron chi connectivity index (χ4n) is 2.24. The molecule has 0 amide bonds. The minimum absolute atomic E-state index is 0.158. The molecule has 0 aliphatic heterocycles. The van der Waals surface area contributed by atoms with Crippen LogP contribution < -0.4 is 0 Å². The summed E-state index contributed by atoms with van der Waals surface area (Å²) in [6.45, 7) is -7.27. The molecule has 0 radical (unpaired) electrons. The maximum Gasteiger partial charge on any atom is 0.181 e. The van der Waals surface area contributed by atoms with Gasteiger partial charge in [-0.3, -0.25) is 0 Å². The number of hydrogen-bond donors (Lipinski definition) is 0. The van der Waals surface area contributed by atoms with E-state index in [-0.39, 0.29) is 15.0 Å². The first-order chi connectivity index (χ1) is 13.1. The van der Waals surface area contributed by atoms with E-state index in [4.69, 9.17) is 11.0 Å². The molecule has 1 aliphatic rings. The highest BCUT2D eigenvalue weighted by Crippen LogP contribution is 2.34. The smallest absolute Gasteiger partial charge is 0.181 e. The predicted octanol–water partition coefficient (Wildman–Crippen LogP) is 2.53. The number of rotatable bonds is 5. The third-order valence-corrected chi connectivity index (χ3v) is 5.93. The van der Waals surface area contributed by atoms with E-state index in [1.165, 1.54) is 37.4 Å². The average molecular weight is 314 g/mol. The normalized spacial score (nSPS) is 25.0. The number of nitrogens with zero attached hydrogens (tertiary/aromatic N) is 2. The summed E-state index contributed by atoms with van der Waals surface area (Å²) in [6.07, 6.45) is 2.62. The Morgan fingerprint density at radius 1 is 1.43 bits per heavy atom. The molecule has 0 unspecified atom stereocenters. The summed E-state index contributed by atoms with van der Waals surface area (Å²) in [4.78, 5) is 0.364. The largest absolute Gasteiger partial charge is 0.346 e. The molecule has 1 saturated carbocycles. The minimum atomic E-state index is -3.41. The van der Waals surface area contributed by atoms with E-state index in [0.29, 0.717) is 23.7 Å². The molecular formula is C16H22N2O2S. The highest BCUT2D eigenvalue weighted by molar-refractivity contribution is 7.92. The van der Waals surface area contributed by atoms with Gasteiger partial charge in [-0.15, -0.1) is 0 Å². The molecule has 21 heavy (non-hydrogen) atoms. The zero-order valence-electron chi connectivity index (χ0n) is 19.6. The summed E-state index contributed by atoms with van der Waals surface area (Å²) in [6, 6.07) is 4.32. The zero-order chi connectivity index (χ0) is 22.0. The summed E-state index contributed by atoms with van der Waals surface area (Å²) >= 11 is 0. The number of hydrogen-bond acceptors (Lipinski definition) is 3. The van der Waals surface area contributed by atoms with Crippen LogP contribution in [-0.2, 0) is 16.3 Å². The van der Waals surface area contributed by atoms with Gasteiger partial charge in [0, 0.05) is 37.9 Å². The Balaban J connectivity index is 2.04. The fourth-order valence-corrected chi connectivity index (χ4v) is 3.93. The van der Waals surface area contributed by atoms with Crippen LogP contribution in [0.5, 0.6) is 0 Å². The number of benzene rings is 1. The van der Waals surface area contributed by atoms with Crippen molar-refractivity contribution in [3.05, 3.63) is 30.5 Å². The van der Waals surface area contributed by atoms with Crippen molar-refractivity contribution in [2.45, 2.75) is 42.4 Å². The van der Waals surface area contributed by atoms with Crippen molar-refractivity contribution in [1.29, 1.82) is 0 Å². The van der Waals surface area contributed by atoms with Gasteiger partial charge in [-0.25, -0.2) is 8.42 Å². The molecule has 1 atom stereocenters. The Labute approximate surface area is 137 Å². The Bertz CT molecular complexity index is 1010. The molecule has 1 fully saturated rings. The van der Waals surface area contributed by atoms with Crippen molar-refractivity contribution >= 4 is 20.7 Å². The van der Waals surface area contributed by atoms with Gasteiger partial charge >= 0.3 is 0 Å². The first-order valence-electron chi connectivity index (χ1n) is 10.7. The van der Waals surface area contributed by atoms with E-state index in [0.717, 1.165) is 4.57 Å². The third-order valence-electron chi connectivity index (χ3n) is 3.67. The highest BCUT2D eigenvalue weighted by atomic mass is 32.2. The maximum atomic E-state index is 12.4. The molecule has 4 nitrogen and oxygen atoms in total. The Morgan fingerprint density at radius 3 is 2.86 bits per heavy atom. The molecule has 1 heterocycles. The van der Waals surface area contributed by atoms with Gasteiger partial charge in [-0.05, 0) is 58.0 Å². The molecule has 5 heteroatoms. The van der Waals surface area contributed by atoms with E-state index in [1.807, 2.05) is 0 Å². The molecular weight excluding hydrogens is 284 g/mol. The van der Waals surface area contributed by atoms with E-state index in [1.54, 1.807) is 0 Å². The van der Waals surface area contributed by atoms with Crippen molar-refractivity contribution < 1.29 is 19.4 Å². The minimum Gasteiger partial charge on any atom is -0.346 e. The van der Waals surface area contributed by atoms with Crippen molar-refractivity contribution in [3.8, 4) is 0 Å². The number of aromatic nitrogens is 1. The van der Waals surface area contributed by atoms with Crippen LogP contribution in [-0.4, -0.2) is 43.1 Å². The van der Waals surface area contributed by atoms with E-state index >= 15 is 0 Å². The number of likely N-dealkylation sites (N-methyl/N-ethyl adjacent to an activating group) is 1. The predicted molar refractivity (Wildman–Crippen MR) is 85.3 cm³/mol. The van der Waals surface area contributed by atoms with Crippen LogP contribution in [0.4, 0.5) is 0 Å². The Hall–Kier alpha value is -1.33. The van der Waals surface area contributed by atoms with Crippen molar-refractivity contribution in [3.63, 3.8) is 0 Å². The summed E-state index contributed by atoms with van der Waals surface area (Å²) in [5.74, 6) is 0. The van der Waals surface area contributed by atoms with E-state index in [2.05, 4.69) is 0 Å². The maximum absolute atomic E-state index is 12.4. The van der Waals surface area contributed by atoms with E-state index < -0.39 is 36.3 Å². The second kappa shape index (κ2) is 5.14. The Morgan fingerprint density at radius 2 is 2.19 bits per heavy atom. The lowest BCUT2D eigenvalue weighted by Gasteiger charge is -2.20. The highest BCUT2D eigenvalue weighted by Gasteiger charge is 2.36. The Kier molecular flexibility index (Phi) is 1.91. The SMILES string of the molecule is [2H]C([2H])([2H])N([C@H](C)C([2H])([2H])n1ccc2cc(S(=O)(=O)C3CC3)ccc21)C([2H])([2H])[2H]. The van der Waals surface area contributed by atoms with Gasteiger partial charge < -0.3 is 9.47 Å². The van der Waals surface area contributed by atoms with Gasteiger partial charge in [-0.2, -0.15) is 0 Å². The second-order valence-corrected chi connectivity index (χ2v) is 7.55. The van der Waals surface area contributed by atoms with Crippen LogP contribution in [0, 0.1) is 0 Å². The lowest BCUT2D eigenvalue weighted by Crippen LogP contribution is -2.28. The third kappa shape index (κ3) is 2.72. The van der Waals surface area contributed by atoms with Gasteiger partial charge in [0.1, 0.15) is 0 Å². The van der Waals surface area contributed by atoms with Crippen LogP contribution in [0.1, 0.15) is 30.7 Å². The average Bonchev–Trinajstić information content (AvgIpc) is 3.31. The molecule has 3 rings (SSSR count). The first kappa shape index (κ1) is 7.79. The van der Waals surface area contributed by atoms with Crippen LogP contribution in [0.2, 0.25) is 0 Å². The molecule has 2 aromatic rings. The van der Waals surface area contributed by atoms with Crippen molar-refractivity contribution in [2.24, 2.45) is 0 Å². The summed E-state index contributed by atoms with van der Waals surface area (Å²) in [7, 11) is -3.41.